The second-order valence-corrected chi connectivity index (χ2v) is 17.2. The van der Waals surface area contributed by atoms with Crippen molar-refractivity contribution in [1.29, 1.82) is 0 Å². The van der Waals surface area contributed by atoms with Crippen LogP contribution < -0.4 is 0 Å². The quantitative estimate of drug-likeness (QED) is 0.189. The maximum absolute atomic E-state index is 13.8. The van der Waals surface area contributed by atoms with Crippen LogP contribution in [0.25, 0.3) is 0 Å². The lowest BCUT2D eigenvalue weighted by atomic mass is 9.33. The minimum absolute atomic E-state index is 0.0692. The van der Waals surface area contributed by atoms with E-state index in [2.05, 4.69) is 47.6 Å². The highest BCUT2D eigenvalue weighted by atomic mass is 16.7. The molecule has 46 heavy (non-hydrogen) atoms. The first kappa shape index (κ1) is 34.3. The van der Waals surface area contributed by atoms with E-state index in [0.29, 0.717) is 38.0 Å². The predicted octanol–water partition coefficient (Wildman–Crippen LogP) is 3.98. The molecule has 4 saturated carbocycles. The lowest BCUT2D eigenvalue weighted by molar-refractivity contribution is -0.330. The van der Waals surface area contributed by atoms with Crippen LogP contribution in [-0.4, -0.2) is 86.0 Å². The van der Waals surface area contributed by atoms with E-state index in [4.69, 9.17) is 9.47 Å². The highest BCUT2D eigenvalue weighted by Crippen LogP contribution is 2.76. The molecule has 260 valence electrons. The number of aliphatic hydroxyl groups is 4. The molecule has 5 aliphatic carbocycles. The van der Waals surface area contributed by atoms with Crippen LogP contribution in [0.4, 0.5) is 0 Å². The summed E-state index contributed by atoms with van der Waals surface area (Å²) in [5.74, 6) is -1.24. The van der Waals surface area contributed by atoms with Gasteiger partial charge in [0.15, 0.2) is 6.29 Å². The van der Waals surface area contributed by atoms with Crippen molar-refractivity contribution in [3.05, 3.63) is 11.6 Å². The Labute approximate surface area is 272 Å². The fourth-order valence-electron chi connectivity index (χ4n) is 12.6. The van der Waals surface area contributed by atoms with Gasteiger partial charge in [-0.3, -0.25) is 9.59 Å². The summed E-state index contributed by atoms with van der Waals surface area (Å²) in [6.07, 6.45) is 0.942. The number of carboxylic acids is 2. The Morgan fingerprint density at radius 3 is 2.20 bits per heavy atom. The van der Waals surface area contributed by atoms with Gasteiger partial charge in [0.05, 0.1) is 23.5 Å². The van der Waals surface area contributed by atoms with Crippen molar-refractivity contribution in [3.8, 4) is 0 Å². The number of rotatable bonds is 5. The van der Waals surface area contributed by atoms with Gasteiger partial charge >= 0.3 is 11.9 Å². The van der Waals surface area contributed by atoms with E-state index >= 15 is 0 Å². The zero-order valence-electron chi connectivity index (χ0n) is 28.3. The maximum atomic E-state index is 13.8. The molecule has 0 radical (unpaired) electrons. The first-order valence-electron chi connectivity index (χ1n) is 17.6. The van der Waals surface area contributed by atoms with Crippen LogP contribution in [0.1, 0.15) is 99.3 Å². The smallest absolute Gasteiger partial charge is 0.314 e. The van der Waals surface area contributed by atoms with E-state index < -0.39 is 70.9 Å². The van der Waals surface area contributed by atoms with E-state index in [1.54, 1.807) is 0 Å². The van der Waals surface area contributed by atoms with Crippen LogP contribution in [0.3, 0.4) is 0 Å². The summed E-state index contributed by atoms with van der Waals surface area (Å²) in [4.78, 5) is 26.8. The first-order chi connectivity index (χ1) is 21.4. The number of aliphatic hydroxyl groups excluding tert-OH is 4. The summed E-state index contributed by atoms with van der Waals surface area (Å²) in [5.41, 5.74) is -2.32. The average Bonchev–Trinajstić information content (AvgIpc) is 2.99. The molecule has 0 aromatic carbocycles. The minimum Gasteiger partial charge on any atom is -0.481 e. The first-order valence-corrected chi connectivity index (χ1v) is 17.6. The molecule has 6 aliphatic rings. The second kappa shape index (κ2) is 11.2. The average molecular weight is 649 g/mol. The minimum atomic E-state index is -1.51. The van der Waals surface area contributed by atoms with Crippen LogP contribution in [0, 0.1) is 56.7 Å². The van der Waals surface area contributed by atoms with Crippen molar-refractivity contribution >= 4 is 11.9 Å². The Morgan fingerprint density at radius 1 is 0.870 bits per heavy atom. The largest absolute Gasteiger partial charge is 0.481 e. The fourth-order valence-corrected chi connectivity index (χ4v) is 12.6. The summed E-state index contributed by atoms with van der Waals surface area (Å²) < 4.78 is 12.1. The molecule has 0 unspecified atom stereocenters. The summed E-state index contributed by atoms with van der Waals surface area (Å²) in [6, 6.07) is 0. The second-order valence-electron chi connectivity index (χ2n) is 17.2. The number of hydrogen-bond donors (Lipinski definition) is 6. The zero-order chi connectivity index (χ0) is 33.8. The normalized spacial score (nSPS) is 53.1. The lowest BCUT2D eigenvalue weighted by Crippen LogP contribution is -2.68. The van der Waals surface area contributed by atoms with Crippen molar-refractivity contribution in [3.63, 3.8) is 0 Å². The highest BCUT2D eigenvalue weighted by molar-refractivity contribution is 5.84. The molecule has 0 aromatic heterocycles. The third-order valence-corrected chi connectivity index (χ3v) is 15.3. The van der Waals surface area contributed by atoms with Gasteiger partial charge in [0, 0.05) is 0 Å². The van der Waals surface area contributed by atoms with Gasteiger partial charge < -0.3 is 40.1 Å². The molecule has 10 nitrogen and oxygen atoms in total. The molecular formula is C36H56O10. The van der Waals surface area contributed by atoms with Gasteiger partial charge in [0.2, 0.25) is 0 Å². The van der Waals surface area contributed by atoms with Gasteiger partial charge in [0.1, 0.15) is 24.4 Å². The molecule has 0 aromatic rings. The molecule has 6 N–H and O–H groups in total. The van der Waals surface area contributed by atoms with Gasteiger partial charge in [-0.25, -0.2) is 0 Å². The summed E-state index contributed by atoms with van der Waals surface area (Å²) in [6.45, 7) is 12.6. The molecule has 15 atom stereocenters. The molecule has 1 saturated heterocycles. The number of carbonyl (C=O) groups is 2. The van der Waals surface area contributed by atoms with Crippen LogP contribution in [0.2, 0.25) is 0 Å². The van der Waals surface area contributed by atoms with Crippen LogP contribution in [0.5, 0.6) is 0 Å². The van der Waals surface area contributed by atoms with E-state index in [1.165, 1.54) is 0 Å². The summed E-state index contributed by atoms with van der Waals surface area (Å²) >= 11 is 0. The van der Waals surface area contributed by atoms with E-state index in [9.17, 15) is 40.2 Å². The SMILES string of the molecule is C[C@H]1[C@H]2C3=CC[C@H]4[C@@]5(C)CC[C@H](O[C@@H]6O[C@H](CO)[C@@H](O)[C@H](O)[C@H]6O)C(C)(C)[C@@H]5CC[C@@]4(C)[C@]3(C(=O)O)CC[C@@]2(C(=O)O)CC[C@@H]1C. The van der Waals surface area contributed by atoms with Crippen LogP contribution >= 0.6 is 0 Å². The van der Waals surface area contributed by atoms with Gasteiger partial charge in [-0.05, 0) is 104 Å². The Bertz CT molecular complexity index is 1260. The monoisotopic (exact) mass is 648 g/mol. The van der Waals surface area contributed by atoms with Crippen LogP contribution in [-0.2, 0) is 19.1 Å². The molecule has 0 bridgehead atoms. The van der Waals surface area contributed by atoms with Crippen molar-refractivity contribution in [1.82, 2.24) is 0 Å². The number of hydrogen-bond acceptors (Lipinski definition) is 8. The van der Waals surface area contributed by atoms with Crippen molar-refractivity contribution in [2.24, 2.45) is 56.7 Å². The Balaban J connectivity index is 1.34. The topological polar surface area (TPSA) is 174 Å². The fraction of sp³-hybridized carbons (Fsp3) is 0.889. The number of aliphatic carboxylic acids is 2. The lowest BCUT2D eigenvalue weighted by Gasteiger charge is -2.70. The molecule has 0 spiro atoms. The van der Waals surface area contributed by atoms with E-state index in [0.717, 1.165) is 31.3 Å². The number of fused-ring (bicyclic) bond motifs is 7. The molecule has 1 heterocycles. The zero-order valence-corrected chi connectivity index (χ0v) is 28.3. The van der Waals surface area contributed by atoms with Gasteiger partial charge in [-0.1, -0.05) is 53.2 Å². The standard InChI is InChI=1S/C36H56O10/c1-18-9-14-35(30(41)42)15-16-36(31(43)44)20(25(35)19(18)2)7-8-23-33(5)12-11-24(32(3,4)22(33)10-13-34(23,36)6)46-29-28(40)27(39)26(38)21(17-37)45-29/h7,18-19,21-29,37-40H,8-17H2,1-6H3,(H,41,42)(H,43,44)/t18-,19+,21+,22-,23-,24-,25-,26+,27-,28+,29-,33-,34+,35-,36+/m0/s1. The van der Waals surface area contributed by atoms with Gasteiger partial charge in [0.25, 0.3) is 0 Å². The van der Waals surface area contributed by atoms with Gasteiger partial charge in [-0.15, -0.1) is 0 Å². The molecule has 10 heteroatoms. The number of ether oxygens (including phenoxy) is 2. The summed E-state index contributed by atoms with van der Waals surface area (Å²) in [5, 5.41) is 63.0. The number of allylic oxidation sites excluding steroid dienone is 1. The molecule has 0 amide bonds. The Morgan fingerprint density at radius 2 is 1.57 bits per heavy atom. The van der Waals surface area contributed by atoms with Crippen molar-refractivity contribution in [2.45, 2.75) is 136 Å². The highest BCUT2D eigenvalue weighted by Gasteiger charge is 2.73. The van der Waals surface area contributed by atoms with E-state index in [1.807, 2.05) is 0 Å². The molecular weight excluding hydrogens is 592 g/mol. The van der Waals surface area contributed by atoms with Crippen molar-refractivity contribution < 1.29 is 49.7 Å². The molecule has 1 aliphatic heterocycles. The van der Waals surface area contributed by atoms with Crippen molar-refractivity contribution in [2.75, 3.05) is 6.61 Å². The maximum Gasteiger partial charge on any atom is 0.314 e. The van der Waals surface area contributed by atoms with Gasteiger partial charge in [-0.2, -0.15) is 0 Å². The third kappa shape index (κ3) is 4.35. The van der Waals surface area contributed by atoms with Crippen LogP contribution in [0.15, 0.2) is 11.6 Å². The van der Waals surface area contributed by atoms with E-state index in [-0.39, 0.29) is 35.2 Å². The molecule has 6 rings (SSSR count). The number of carboxylic acid groups (broad SMARTS) is 2. The Kier molecular flexibility index (Phi) is 8.38. The predicted molar refractivity (Wildman–Crippen MR) is 167 cm³/mol. The Hall–Kier alpha value is -1.56. The third-order valence-electron chi connectivity index (χ3n) is 15.3. The molecule has 5 fully saturated rings. The summed E-state index contributed by atoms with van der Waals surface area (Å²) in [7, 11) is 0.